The second-order valence-electron chi connectivity index (χ2n) is 5.19. The van der Waals surface area contributed by atoms with Gasteiger partial charge in [-0.15, -0.1) is 0 Å². The molecule has 0 spiro atoms. The number of hydrogen-bond donors (Lipinski definition) is 0. The van der Waals surface area contributed by atoms with Crippen molar-refractivity contribution < 1.29 is 0 Å². The molecule has 2 rings (SSSR count). The Morgan fingerprint density at radius 3 is 1.42 bits per heavy atom. The van der Waals surface area contributed by atoms with E-state index < -0.39 is 0 Å². The minimum absolute atomic E-state index is 0.541. The molecule has 2 atom stereocenters. The zero-order valence-electron chi connectivity index (χ0n) is 9.21. The molecule has 0 nitrogen and oxygen atoms in total. The Balaban J connectivity index is 2.48. The van der Waals surface area contributed by atoms with Crippen LogP contribution in [-0.4, -0.2) is 0 Å². The first kappa shape index (κ1) is 8.34. The lowest BCUT2D eigenvalue weighted by atomic mass is 9.71. The van der Waals surface area contributed by atoms with Crippen molar-refractivity contribution >= 4 is 0 Å². The molecule has 68 valence electrons. The van der Waals surface area contributed by atoms with Crippen molar-refractivity contribution in [3.63, 3.8) is 0 Å². The predicted octanol–water partition coefficient (Wildman–Crippen LogP) is 3.78. The largest absolute Gasteiger partial charge is 0.0664 e. The fraction of sp³-hybridized carbons (Fsp3) is 0.833. The maximum absolute atomic E-state index is 2.45. The number of fused-ring (bicyclic) bond motifs is 1. The summed E-state index contributed by atoms with van der Waals surface area (Å²) in [5.74, 6) is 0. The van der Waals surface area contributed by atoms with E-state index in [-0.39, 0.29) is 0 Å². The third-order valence-corrected chi connectivity index (χ3v) is 5.91. The molecule has 0 N–H and O–H groups in total. The van der Waals surface area contributed by atoms with Crippen LogP contribution in [0, 0.1) is 16.2 Å². The number of allylic oxidation sites excluding steroid dienone is 2. The summed E-state index contributed by atoms with van der Waals surface area (Å²) < 4.78 is 0. The highest BCUT2D eigenvalue weighted by molar-refractivity contribution is 5.57. The van der Waals surface area contributed by atoms with Crippen LogP contribution in [0.5, 0.6) is 0 Å². The molecule has 0 amide bonds. The van der Waals surface area contributed by atoms with E-state index in [0.717, 1.165) is 0 Å². The summed E-state index contributed by atoms with van der Waals surface area (Å²) in [5, 5.41) is 0. The van der Waals surface area contributed by atoms with Crippen LogP contribution in [0.4, 0.5) is 0 Å². The molecule has 0 bridgehead atoms. The van der Waals surface area contributed by atoms with Gasteiger partial charge in [0.1, 0.15) is 0 Å². The van der Waals surface area contributed by atoms with Crippen molar-refractivity contribution in [1.82, 2.24) is 0 Å². The van der Waals surface area contributed by atoms with Crippen molar-refractivity contribution in [1.29, 1.82) is 0 Å². The van der Waals surface area contributed by atoms with Crippen molar-refractivity contribution in [3.8, 4) is 0 Å². The third-order valence-electron chi connectivity index (χ3n) is 5.91. The lowest BCUT2D eigenvalue weighted by Crippen LogP contribution is -2.22. The smallest absolute Gasteiger partial charge is 0.00423 e. The van der Waals surface area contributed by atoms with Crippen molar-refractivity contribution in [2.24, 2.45) is 16.2 Å². The lowest BCUT2D eigenvalue weighted by Gasteiger charge is -2.33. The number of rotatable bonds is 1. The van der Waals surface area contributed by atoms with Crippen LogP contribution in [-0.2, 0) is 0 Å². The standard InChI is InChI=1S/C12H20/c1-7-10(4)11(5)8(2)9(3)12(10,11)6/h7H2,1-6H3. The first-order valence-electron chi connectivity index (χ1n) is 5.06. The first-order chi connectivity index (χ1) is 5.38. The van der Waals surface area contributed by atoms with Crippen LogP contribution in [0.15, 0.2) is 11.1 Å². The SMILES string of the molecule is CCC1(C)C2(C)C(C)=C(C)C12C. The Labute approximate surface area is 76.1 Å². The third kappa shape index (κ3) is 0.389. The van der Waals surface area contributed by atoms with Gasteiger partial charge in [0.25, 0.3) is 0 Å². The molecule has 2 aliphatic rings. The molecule has 0 aliphatic heterocycles. The van der Waals surface area contributed by atoms with Crippen molar-refractivity contribution in [2.75, 3.05) is 0 Å². The van der Waals surface area contributed by atoms with Gasteiger partial charge in [-0.3, -0.25) is 0 Å². The molecule has 0 aromatic heterocycles. The maximum atomic E-state index is 2.45. The highest BCUT2D eigenvalue weighted by atomic mass is 14.9. The molecular formula is C12H20. The monoisotopic (exact) mass is 164 g/mol. The fourth-order valence-corrected chi connectivity index (χ4v) is 4.19. The van der Waals surface area contributed by atoms with E-state index in [0.29, 0.717) is 16.2 Å². The molecule has 0 aromatic rings. The van der Waals surface area contributed by atoms with Gasteiger partial charge in [0.2, 0.25) is 0 Å². The van der Waals surface area contributed by atoms with E-state index in [1.807, 2.05) is 0 Å². The highest BCUT2D eigenvalue weighted by Gasteiger charge is 2.84. The molecule has 0 radical (unpaired) electrons. The summed E-state index contributed by atoms with van der Waals surface area (Å²) in [5.41, 5.74) is 4.97. The topological polar surface area (TPSA) is 0 Å². The molecule has 2 unspecified atom stereocenters. The summed E-state index contributed by atoms with van der Waals surface area (Å²) in [4.78, 5) is 0. The summed E-state index contributed by atoms with van der Waals surface area (Å²) in [7, 11) is 0. The minimum atomic E-state index is 0.541. The predicted molar refractivity (Wildman–Crippen MR) is 53.0 cm³/mol. The number of hydrogen-bond acceptors (Lipinski definition) is 0. The van der Waals surface area contributed by atoms with Gasteiger partial charge in [-0.05, 0) is 25.7 Å². The van der Waals surface area contributed by atoms with Gasteiger partial charge in [-0.2, -0.15) is 0 Å². The Bertz CT molecular complexity index is 260. The van der Waals surface area contributed by atoms with Crippen LogP contribution in [0.2, 0.25) is 0 Å². The molecule has 12 heavy (non-hydrogen) atoms. The van der Waals surface area contributed by atoms with Crippen LogP contribution in [0.3, 0.4) is 0 Å². The van der Waals surface area contributed by atoms with Gasteiger partial charge in [-0.1, -0.05) is 38.8 Å². The first-order valence-corrected chi connectivity index (χ1v) is 5.06. The summed E-state index contributed by atoms with van der Waals surface area (Å²) >= 11 is 0. The zero-order valence-corrected chi connectivity index (χ0v) is 9.21. The quantitative estimate of drug-likeness (QED) is 0.517. The molecule has 2 aliphatic carbocycles. The average Bonchev–Trinajstić information content (AvgIpc) is 2.45. The highest BCUT2D eigenvalue weighted by Crippen LogP contribution is 2.91. The van der Waals surface area contributed by atoms with E-state index in [2.05, 4.69) is 41.5 Å². The summed E-state index contributed by atoms with van der Waals surface area (Å²) in [6, 6.07) is 0. The summed E-state index contributed by atoms with van der Waals surface area (Å²) in [6.45, 7) is 14.3. The van der Waals surface area contributed by atoms with Crippen LogP contribution in [0.1, 0.15) is 48.0 Å². The molecular weight excluding hydrogens is 144 g/mol. The Morgan fingerprint density at radius 2 is 1.25 bits per heavy atom. The maximum Gasteiger partial charge on any atom is 0.00423 e. The van der Waals surface area contributed by atoms with E-state index >= 15 is 0 Å². The molecule has 0 heterocycles. The Morgan fingerprint density at radius 1 is 0.917 bits per heavy atom. The van der Waals surface area contributed by atoms with E-state index in [4.69, 9.17) is 0 Å². The van der Waals surface area contributed by atoms with Gasteiger partial charge < -0.3 is 0 Å². The van der Waals surface area contributed by atoms with Crippen LogP contribution in [0.25, 0.3) is 0 Å². The molecule has 0 aromatic carbocycles. The second-order valence-corrected chi connectivity index (χ2v) is 5.19. The molecule has 1 fully saturated rings. The van der Waals surface area contributed by atoms with Crippen LogP contribution >= 0.6 is 0 Å². The lowest BCUT2D eigenvalue weighted by molar-refractivity contribution is 0.426. The van der Waals surface area contributed by atoms with Crippen molar-refractivity contribution in [2.45, 2.75) is 48.0 Å². The normalized spacial score (nSPS) is 56.5. The Kier molecular flexibility index (Phi) is 1.16. The Hall–Kier alpha value is -0.260. The van der Waals surface area contributed by atoms with Gasteiger partial charge >= 0.3 is 0 Å². The van der Waals surface area contributed by atoms with E-state index in [1.54, 1.807) is 11.1 Å². The minimum Gasteiger partial charge on any atom is -0.0664 e. The molecule has 0 heteroatoms. The second kappa shape index (κ2) is 1.66. The zero-order chi connectivity index (χ0) is 9.36. The molecule has 1 saturated carbocycles. The molecule has 0 saturated heterocycles. The van der Waals surface area contributed by atoms with E-state index in [1.165, 1.54) is 6.42 Å². The summed E-state index contributed by atoms with van der Waals surface area (Å²) in [6.07, 6.45) is 1.31. The van der Waals surface area contributed by atoms with Crippen LogP contribution < -0.4 is 0 Å². The van der Waals surface area contributed by atoms with Gasteiger partial charge in [0.15, 0.2) is 0 Å². The van der Waals surface area contributed by atoms with Gasteiger partial charge in [0, 0.05) is 10.8 Å². The van der Waals surface area contributed by atoms with Gasteiger partial charge in [0.05, 0.1) is 0 Å². The van der Waals surface area contributed by atoms with Crippen molar-refractivity contribution in [3.05, 3.63) is 11.1 Å². The fourth-order valence-electron chi connectivity index (χ4n) is 4.19. The average molecular weight is 164 g/mol. The van der Waals surface area contributed by atoms with E-state index in [9.17, 15) is 0 Å². The van der Waals surface area contributed by atoms with Gasteiger partial charge in [-0.25, -0.2) is 0 Å².